The van der Waals surface area contributed by atoms with Crippen molar-refractivity contribution in [3.63, 3.8) is 0 Å². The molecule has 1 aliphatic heterocycles. The Bertz CT molecular complexity index is 702. The summed E-state index contributed by atoms with van der Waals surface area (Å²) in [6.07, 6.45) is 2.61. The normalized spacial score (nSPS) is 17.3. The molecule has 0 saturated carbocycles. The molecule has 2 nitrogen and oxygen atoms in total. The molecule has 0 aromatic heterocycles. The maximum atomic E-state index is 5.87. The van der Waals surface area contributed by atoms with Gasteiger partial charge < -0.3 is 0 Å². The van der Waals surface area contributed by atoms with Gasteiger partial charge in [0.15, 0.2) is 0 Å². The molecule has 0 fully saturated rings. The molecule has 0 aliphatic carbocycles. The lowest BCUT2D eigenvalue weighted by Gasteiger charge is -2.20. The molecule has 1 unspecified atom stereocenters. The molecular weight excluding hydrogens is 315 g/mol. The van der Waals surface area contributed by atoms with Crippen molar-refractivity contribution < 1.29 is 0 Å². The van der Waals surface area contributed by atoms with Crippen molar-refractivity contribution in [1.29, 1.82) is 0 Å². The van der Waals surface area contributed by atoms with Gasteiger partial charge in [0.05, 0.1) is 17.4 Å². The highest BCUT2D eigenvalue weighted by molar-refractivity contribution is 6.55. The second kappa shape index (κ2) is 6.55. The molecule has 3 rings (SSSR count). The standard InChI is InChI=1S/C18H16Cl2N2/c1-13-7-9-14(10-8-13)17-11-16(12-18(19)20)22(21-17)15-5-3-2-4-6-15/h2-10,12,16H,11H2,1H3. The highest BCUT2D eigenvalue weighted by atomic mass is 35.5. The molecule has 0 radical (unpaired) electrons. The van der Waals surface area contributed by atoms with Crippen LogP contribution >= 0.6 is 23.2 Å². The topological polar surface area (TPSA) is 15.6 Å². The van der Waals surface area contributed by atoms with Gasteiger partial charge in [-0.25, -0.2) is 0 Å². The third kappa shape index (κ3) is 3.34. The van der Waals surface area contributed by atoms with E-state index in [1.165, 1.54) is 5.56 Å². The molecule has 0 saturated heterocycles. The molecule has 0 N–H and O–H groups in total. The minimum Gasteiger partial charge on any atom is -0.258 e. The summed E-state index contributed by atoms with van der Waals surface area (Å²) in [6.45, 7) is 2.08. The van der Waals surface area contributed by atoms with Gasteiger partial charge in [0.1, 0.15) is 4.49 Å². The zero-order chi connectivity index (χ0) is 15.5. The quantitative estimate of drug-likeness (QED) is 0.745. The molecule has 1 heterocycles. The number of hydrogen-bond donors (Lipinski definition) is 0. The molecule has 112 valence electrons. The van der Waals surface area contributed by atoms with Gasteiger partial charge in [-0.2, -0.15) is 5.10 Å². The van der Waals surface area contributed by atoms with Crippen molar-refractivity contribution in [3.8, 4) is 0 Å². The number of hydrogen-bond acceptors (Lipinski definition) is 2. The lowest BCUT2D eigenvalue weighted by Crippen LogP contribution is -2.24. The summed E-state index contributed by atoms with van der Waals surface area (Å²) < 4.78 is 0.270. The first-order chi connectivity index (χ1) is 10.6. The highest BCUT2D eigenvalue weighted by Gasteiger charge is 2.27. The van der Waals surface area contributed by atoms with Crippen LogP contribution in [0.15, 0.2) is 70.3 Å². The molecule has 2 aromatic rings. The van der Waals surface area contributed by atoms with E-state index in [2.05, 4.69) is 31.2 Å². The van der Waals surface area contributed by atoms with Crippen LogP contribution in [0.25, 0.3) is 0 Å². The Hall–Kier alpha value is -1.77. The van der Waals surface area contributed by atoms with E-state index in [0.717, 1.165) is 23.4 Å². The van der Waals surface area contributed by atoms with Crippen molar-refractivity contribution in [1.82, 2.24) is 0 Å². The first-order valence-corrected chi connectivity index (χ1v) is 7.91. The molecule has 1 atom stereocenters. The first-order valence-electron chi connectivity index (χ1n) is 7.15. The van der Waals surface area contributed by atoms with E-state index in [-0.39, 0.29) is 10.5 Å². The Balaban J connectivity index is 1.96. The number of rotatable bonds is 3. The van der Waals surface area contributed by atoms with E-state index in [1.54, 1.807) is 0 Å². The number of anilines is 1. The van der Waals surface area contributed by atoms with E-state index < -0.39 is 0 Å². The van der Waals surface area contributed by atoms with E-state index in [4.69, 9.17) is 28.3 Å². The molecule has 4 heteroatoms. The van der Waals surface area contributed by atoms with Gasteiger partial charge in [-0.1, -0.05) is 71.2 Å². The molecule has 2 aromatic carbocycles. The number of halogens is 2. The second-order valence-corrected chi connectivity index (χ2v) is 6.33. The van der Waals surface area contributed by atoms with Crippen LogP contribution in [0.3, 0.4) is 0 Å². The highest BCUT2D eigenvalue weighted by Crippen LogP contribution is 2.29. The fourth-order valence-electron chi connectivity index (χ4n) is 2.56. The summed E-state index contributed by atoms with van der Waals surface area (Å²) in [5.74, 6) is 0. The fourth-order valence-corrected chi connectivity index (χ4v) is 2.85. The van der Waals surface area contributed by atoms with Gasteiger partial charge in [-0.15, -0.1) is 0 Å². The summed E-state index contributed by atoms with van der Waals surface area (Å²) >= 11 is 11.7. The van der Waals surface area contributed by atoms with Gasteiger partial charge in [0, 0.05) is 6.42 Å². The summed E-state index contributed by atoms with van der Waals surface area (Å²) in [5.41, 5.74) is 4.44. The fraction of sp³-hybridized carbons (Fsp3) is 0.167. The monoisotopic (exact) mass is 330 g/mol. The minimum atomic E-state index is 0.0312. The number of para-hydroxylation sites is 1. The van der Waals surface area contributed by atoms with Crippen LogP contribution in [0.5, 0.6) is 0 Å². The second-order valence-electron chi connectivity index (χ2n) is 5.32. The lowest BCUT2D eigenvalue weighted by atomic mass is 10.0. The summed E-state index contributed by atoms with van der Waals surface area (Å²) in [7, 11) is 0. The Morgan fingerprint density at radius 3 is 2.41 bits per heavy atom. The number of benzene rings is 2. The van der Waals surface area contributed by atoms with E-state index in [0.29, 0.717) is 0 Å². The zero-order valence-electron chi connectivity index (χ0n) is 12.2. The summed E-state index contributed by atoms with van der Waals surface area (Å²) in [5, 5.41) is 6.75. The van der Waals surface area contributed by atoms with Crippen molar-refractivity contribution in [2.24, 2.45) is 5.10 Å². The maximum absolute atomic E-state index is 5.87. The van der Waals surface area contributed by atoms with Crippen LogP contribution in [0.2, 0.25) is 0 Å². The molecule has 0 amide bonds. The molecule has 0 spiro atoms. The minimum absolute atomic E-state index is 0.0312. The Morgan fingerprint density at radius 2 is 1.77 bits per heavy atom. The molecule has 22 heavy (non-hydrogen) atoms. The van der Waals surface area contributed by atoms with E-state index >= 15 is 0 Å². The van der Waals surface area contributed by atoms with Gasteiger partial charge in [0.2, 0.25) is 0 Å². The maximum Gasteiger partial charge on any atom is 0.105 e. The van der Waals surface area contributed by atoms with Gasteiger partial charge >= 0.3 is 0 Å². The zero-order valence-corrected chi connectivity index (χ0v) is 13.7. The number of nitrogens with zero attached hydrogens (tertiary/aromatic N) is 2. The Labute approximate surface area is 140 Å². The summed E-state index contributed by atoms with van der Waals surface area (Å²) in [4.78, 5) is 0. The number of aryl methyl sites for hydroxylation is 1. The van der Waals surface area contributed by atoms with Crippen LogP contribution < -0.4 is 5.01 Å². The smallest absolute Gasteiger partial charge is 0.105 e. The van der Waals surface area contributed by atoms with Crippen LogP contribution in [0.4, 0.5) is 5.69 Å². The van der Waals surface area contributed by atoms with E-state index in [1.807, 2.05) is 41.4 Å². The predicted octanol–water partition coefficient (Wildman–Crippen LogP) is 5.30. The van der Waals surface area contributed by atoms with Crippen LogP contribution in [0.1, 0.15) is 17.5 Å². The number of hydrazone groups is 1. The largest absolute Gasteiger partial charge is 0.258 e. The predicted molar refractivity (Wildman–Crippen MR) is 94.8 cm³/mol. The van der Waals surface area contributed by atoms with Gasteiger partial charge in [-0.3, -0.25) is 5.01 Å². The third-order valence-corrected chi connectivity index (χ3v) is 3.92. The van der Waals surface area contributed by atoms with Gasteiger partial charge in [0.25, 0.3) is 0 Å². The van der Waals surface area contributed by atoms with Crippen molar-refractivity contribution in [3.05, 3.63) is 76.3 Å². The first kappa shape index (κ1) is 15.1. The lowest BCUT2D eigenvalue weighted by molar-refractivity contribution is 0.788. The SMILES string of the molecule is Cc1ccc(C2=NN(c3ccccc3)C(C=C(Cl)Cl)C2)cc1. The molecule has 0 bridgehead atoms. The Morgan fingerprint density at radius 1 is 1.09 bits per heavy atom. The average molecular weight is 331 g/mol. The Kier molecular flexibility index (Phi) is 4.51. The van der Waals surface area contributed by atoms with Crippen LogP contribution in [-0.4, -0.2) is 11.8 Å². The third-order valence-electron chi connectivity index (χ3n) is 3.67. The van der Waals surface area contributed by atoms with Crippen LogP contribution in [0, 0.1) is 6.92 Å². The van der Waals surface area contributed by atoms with Crippen molar-refractivity contribution in [2.75, 3.05) is 5.01 Å². The molecule has 1 aliphatic rings. The van der Waals surface area contributed by atoms with E-state index in [9.17, 15) is 0 Å². The van der Waals surface area contributed by atoms with Crippen molar-refractivity contribution >= 4 is 34.6 Å². The average Bonchev–Trinajstić information content (AvgIpc) is 2.92. The van der Waals surface area contributed by atoms with Gasteiger partial charge in [-0.05, 0) is 30.7 Å². The molecular formula is C18H16Cl2N2. The van der Waals surface area contributed by atoms with Crippen LogP contribution in [-0.2, 0) is 0 Å². The van der Waals surface area contributed by atoms with Crippen molar-refractivity contribution in [2.45, 2.75) is 19.4 Å². The summed E-state index contributed by atoms with van der Waals surface area (Å²) in [6, 6.07) is 18.5.